The predicted molar refractivity (Wildman–Crippen MR) is 122 cm³/mol. The van der Waals surface area contributed by atoms with E-state index in [4.69, 9.17) is 16.3 Å². The maximum Gasteiger partial charge on any atom is 0.337 e. The second-order valence-electron chi connectivity index (χ2n) is 7.27. The minimum absolute atomic E-state index is 0.289. The topological polar surface area (TPSA) is 88.5 Å². The summed E-state index contributed by atoms with van der Waals surface area (Å²) in [5.41, 5.74) is 3.71. The van der Waals surface area contributed by atoms with Crippen molar-refractivity contribution in [3.05, 3.63) is 64.3 Å². The van der Waals surface area contributed by atoms with Crippen molar-refractivity contribution >= 4 is 34.4 Å². The van der Waals surface area contributed by atoms with E-state index in [1.165, 1.54) is 0 Å². The third-order valence-corrected chi connectivity index (χ3v) is 5.35. The number of aromatic nitrogens is 1. The van der Waals surface area contributed by atoms with Crippen molar-refractivity contribution in [2.75, 3.05) is 13.7 Å². The van der Waals surface area contributed by atoms with Crippen LogP contribution in [-0.4, -0.2) is 35.6 Å². The number of fused-ring (bicyclic) bond motifs is 1. The Balaban J connectivity index is 2.30. The van der Waals surface area contributed by atoms with Gasteiger partial charge in [0.15, 0.2) is 6.10 Å². The summed E-state index contributed by atoms with van der Waals surface area (Å²) in [5, 5.41) is 13.9. The first kappa shape index (κ1) is 22.7. The number of hydrogen-bond acceptors (Lipinski definition) is 4. The Labute approximate surface area is 186 Å². The fourth-order valence-electron chi connectivity index (χ4n) is 3.57. The fraction of sp³-hybridized carbons (Fsp3) is 0.292. The largest absolute Gasteiger partial charge is 0.479 e. The van der Waals surface area contributed by atoms with Crippen molar-refractivity contribution in [3.63, 3.8) is 0 Å². The number of rotatable bonds is 8. The molecular weight excluding hydrogens is 416 g/mol. The number of hydrogen-bond donors (Lipinski definition) is 2. The summed E-state index contributed by atoms with van der Waals surface area (Å²) in [7, 11) is 1.55. The lowest BCUT2D eigenvalue weighted by molar-refractivity contribution is -0.151. The molecule has 2 N–H and O–H groups in total. The van der Waals surface area contributed by atoms with Crippen molar-refractivity contribution in [2.45, 2.75) is 32.8 Å². The Morgan fingerprint density at radius 2 is 1.90 bits per heavy atom. The Hall–Kier alpha value is -2.96. The van der Waals surface area contributed by atoms with Gasteiger partial charge >= 0.3 is 5.97 Å². The average molecular weight is 441 g/mol. The van der Waals surface area contributed by atoms with Gasteiger partial charge in [-0.2, -0.15) is 0 Å². The zero-order valence-electron chi connectivity index (χ0n) is 17.7. The molecule has 0 saturated carbocycles. The van der Waals surface area contributed by atoms with Crippen LogP contribution >= 0.6 is 11.6 Å². The van der Waals surface area contributed by atoms with Crippen LogP contribution in [0.15, 0.2) is 42.5 Å². The maximum atomic E-state index is 12.2. The second kappa shape index (κ2) is 9.90. The highest BCUT2D eigenvalue weighted by molar-refractivity contribution is 6.30. The zero-order valence-corrected chi connectivity index (χ0v) is 18.5. The highest BCUT2D eigenvalue weighted by Gasteiger charge is 2.28. The smallest absolute Gasteiger partial charge is 0.337 e. The van der Waals surface area contributed by atoms with Crippen molar-refractivity contribution in [3.8, 4) is 11.1 Å². The predicted octanol–water partition coefficient (Wildman–Crippen LogP) is 5.17. The zero-order chi connectivity index (χ0) is 22.5. The number of unbranched alkanes of at least 4 members (excludes halogenated alkanes) is 1. The normalized spacial score (nSPS) is 12.0. The standard InChI is InChI=1S/C24H25ClN2O4/c1-4-5-12-31-22(24(29)30)20-14(2)13-19-17(10-11-18(27-19)23(28)26-3)21(20)15-6-8-16(25)9-7-15/h6-11,13,22H,4-5,12H2,1-3H3,(H,26,28)(H,29,30). The number of benzene rings is 2. The van der Waals surface area contributed by atoms with E-state index in [9.17, 15) is 14.7 Å². The summed E-state index contributed by atoms with van der Waals surface area (Å²) in [5.74, 6) is -1.34. The lowest BCUT2D eigenvalue weighted by Crippen LogP contribution is -2.20. The maximum absolute atomic E-state index is 12.2. The van der Waals surface area contributed by atoms with Gasteiger partial charge in [-0.15, -0.1) is 0 Å². The van der Waals surface area contributed by atoms with Crippen molar-refractivity contribution in [1.82, 2.24) is 10.3 Å². The summed E-state index contributed by atoms with van der Waals surface area (Å²) >= 11 is 6.08. The number of carbonyl (C=O) groups excluding carboxylic acids is 1. The summed E-state index contributed by atoms with van der Waals surface area (Å²) in [6, 6.07) is 12.4. The molecule has 1 atom stereocenters. The molecule has 6 nitrogen and oxygen atoms in total. The van der Waals surface area contributed by atoms with Gasteiger partial charge in [0.1, 0.15) is 5.69 Å². The van der Waals surface area contributed by atoms with Crippen LogP contribution in [-0.2, 0) is 9.53 Å². The van der Waals surface area contributed by atoms with Gasteiger partial charge in [-0.25, -0.2) is 9.78 Å². The summed E-state index contributed by atoms with van der Waals surface area (Å²) in [6.07, 6.45) is 0.545. The van der Waals surface area contributed by atoms with Crippen LogP contribution in [0.3, 0.4) is 0 Å². The van der Waals surface area contributed by atoms with E-state index in [1.54, 1.807) is 37.4 Å². The Kier molecular flexibility index (Phi) is 7.25. The molecule has 7 heteroatoms. The van der Waals surface area contributed by atoms with E-state index in [2.05, 4.69) is 10.3 Å². The molecule has 0 aliphatic rings. The van der Waals surface area contributed by atoms with Crippen LogP contribution < -0.4 is 5.32 Å². The second-order valence-corrected chi connectivity index (χ2v) is 7.71. The number of nitrogens with one attached hydrogen (secondary N) is 1. The van der Waals surface area contributed by atoms with Crippen molar-refractivity contribution in [1.29, 1.82) is 0 Å². The first-order valence-electron chi connectivity index (χ1n) is 10.1. The van der Waals surface area contributed by atoms with Gasteiger partial charge in [-0.05, 0) is 60.4 Å². The molecule has 2 aromatic carbocycles. The van der Waals surface area contributed by atoms with Gasteiger partial charge in [0.25, 0.3) is 5.91 Å². The molecule has 1 heterocycles. The molecule has 1 amide bonds. The van der Waals surface area contributed by atoms with E-state index >= 15 is 0 Å². The van der Waals surface area contributed by atoms with E-state index in [1.807, 2.05) is 26.0 Å². The number of halogens is 1. The van der Waals surface area contributed by atoms with E-state index < -0.39 is 12.1 Å². The van der Waals surface area contributed by atoms with E-state index in [-0.39, 0.29) is 11.6 Å². The molecule has 3 rings (SSSR count). The Bertz CT molecular complexity index is 1110. The minimum atomic E-state index is -1.12. The number of pyridine rings is 1. The number of carboxylic acid groups (broad SMARTS) is 1. The van der Waals surface area contributed by atoms with Gasteiger partial charge in [0.2, 0.25) is 0 Å². The molecule has 162 valence electrons. The molecule has 1 unspecified atom stereocenters. The van der Waals surface area contributed by atoms with Crippen LogP contribution in [0.5, 0.6) is 0 Å². The van der Waals surface area contributed by atoms with Gasteiger partial charge in [-0.3, -0.25) is 4.79 Å². The van der Waals surface area contributed by atoms with Crippen LogP contribution in [0.25, 0.3) is 22.0 Å². The minimum Gasteiger partial charge on any atom is -0.479 e. The van der Waals surface area contributed by atoms with Crippen molar-refractivity contribution < 1.29 is 19.4 Å². The number of carbonyl (C=O) groups is 2. The highest BCUT2D eigenvalue weighted by Crippen LogP contribution is 2.39. The quantitative estimate of drug-likeness (QED) is 0.472. The molecular formula is C24H25ClN2O4. The van der Waals surface area contributed by atoms with Crippen molar-refractivity contribution in [2.24, 2.45) is 0 Å². The van der Waals surface area contributed by atoms with E-state index in [0.29, 0.717) is 28.3 Å². The molecule has 31 heavy (non-hydrogen) atoms. The third-order valence-electron chi connectivity index (χ3n) is 5.10. The molecule has 3 aromatic rings. The molecule has 0 radical (unpaired) electrons. The van der Waals surface area contributed by atoms with Gasteiger partial charge in [0, 0.05) is 29.6 Å². The lowest BCUT2D eigenvalue weighted by Gasteiger charge is -2.22. The fourth-order valence-corrected chi connectivity index (χ4v) is 3.69. The summed E-state index contributed by atoms with van der Waals surface area (Å²) in [4.78, 5) is 28.8. The first-order valence-corrected chi connectivity index (χ1v) is 10.5. The Morgan fingerprint density at radius 1 is 1.19 bits per heavy atom. The van der Waals surface area contributed by atoms with Gasteiger partial charge < -0.3 is 15.2 Å². The molecule has 0 bridgehead atoms. The first-order chi connectivity index (χ1) is 14.9. The SMILES string of the molecule is CCCCOC(C(=O)O)c1c(C)cc2nc(C(=O)NC)ccc2c1-c1ccc(Cl)cc1. The van der Waals surface area contributed by atoms with Gasteiger partial charge in [-0.1, -0.05) is 37.1 Å². The van der Waals surface area contributed by atoms with Crippen LogP contribution in [0.4, 0.5) is 0 Å². The number of amides is 1. The number of ether oxygens (including phenoxy) is 1. The average Bonchev–Trinajstić information content (AvgIpc) is 2.76. The monoisotopic (exact) mass is 440 g/mol. The van der Waals surface area contributed by atoms with E-state index in [0.717, 1.165) is 29.4 Å². The highest BCUT2D eigenvalue weighted by atomic mass is 35.5. The molecule has 0 aliphatic carbocycles. The van der Waals surface area contributed by atoms with Crippen LogP contribution in [0, 0.1) is 6.92 Å². The number of nitrogens with zero attached hydrogens (tertiary/aromatic N) is 1. The Morgan fingerprint density at radius 3 is 2.52 bits per heavy atom. The lowest BCUT2D eigenvalue weighted by atomic mass is 9.88. The molecule has 0 fully saturated rings. The number of aryl methyl sites for hydroxylation is 1. The molecule has 0 spiro atoms. The van der Waals surface area contributed by atoms with Crippen LogP contribution in [0.2, 0.25) is 5.02 Å². The third kappa shape index (κ3) is 4.86. The molecule has 0 aliphatic heterocycles. The summed E-state index contributed by atoms with van der Waals surface area (Å²) in [6.45, 7) is 4.20. The number of aliphatic carboxylic acids is 1. The summed E-state index contributed by atoms with van der Waals surface area (Å²) < 4.78 is 5.81. The van der Waals surface area contributed by atoms with Crippen LogP contribution in [0.1, 0.15) is 47.5 Å². The van der Waals surface area contributed by atoms with Gasteiger partial charge in [0.05, 0.1) is 5.52 Å². The number of carboxylic acids is 1. The molecule has 1 aromatic heterocycles. The molecule has 0 saturated heterocycles.